The lowest BCUT2D eigenvalue weighted by Crippen LogP contribution is -2.28. The number of aliphatic imine (C=N–C) groups is 1. The molecule has 24 heavy (non-hydrogen) atoms. The van der Waals surface area contributed by atoms with E-state index < -0.39 is 0 Å². The summed E-state index contributed by atoms with van der Waals surface area (Å²) in [5, 5.41) is 3.41. The number of rotatable bonds is 7. The molecule has 1 aliphatic rings. The van der Waals surface area contributed by atoms with Crippen LogP contribution in [0.1, 0.15) is 20.8 Å². The summed E-state index contributed by atoms with van der Waals surface area (Å²) >= 11 is 0. The highest BCUT2D eigenvalue weighted by atomic mass is 16.1. The van der Waals surface area contributed by atoms with Crippen LogP contribution in [0.3, 0.4) is 0 Å². The monoisotopic (exact) mass is 326 g/mol. The van der Waals surface area contributed by atoms with Gasteiger partial charge in [0, 0.05) is 24.9 Å². The van der Waals surface area contributed by atoms with Crippen molar-refractivity contribution in [3.8, 4) is 0 Å². The van der Waals surface area contributed by atoms with E-state index >= 15 is 0 Å². The molecule has 0 amide bonds. The highest BCUT2D eigenvalue weighted by molar-refractivity contribution is 6.21. The molecule has 0 unspecified atom stereocenters. The average Bonchev–Trinajstić information content (AvgIpc) is 2.58. The predicted molar refractivity (Wildman–Crippen MR) is 101 cm³/mol. The van der Waals surface area contributed by atoms with Crippen molar-refractivity contribution in [3.63, 3.8) is 0 Å². The number of benzene rings is 1. The first-order valence-electron chi connectivity index (χ1n) is 8.38. The standard InChI is InChI=1S/C19H26N4O/c1-4-23(5-2)11-10-21-15-6-8-16(9-7-15)22-18-12-14(3)19(24)13-17(18)20/h6-9,12-13,21H,4-5,10-11,20H2,1-3H3/b22-18+. The van der Waals surface area contributed by atoms with Crippen molar-refractivity contribution in [1.29, 1.82) is 0 Å². The fourth-order valence-electron chi connectivity index (χ4n) is 2.48. The maximum absolute atomic E-state index is 11.5. The van der Waals surface area contributed by atoms with Crippen LogP contribution in [0, 0.1) is 0 Å². The molecule has 0 saturated carbocycles. The Balaban J connectivity index is 1.98. The molecule has 0 saturated heterocycles. The predicted octanol–water partition coefficient (Wildman–Crippen LogP) is 2.88. The van der Waals surface area contributed by atoms with Gasteiger partial charge in [0.25, 0.3) is 0 Å². The number of carbonyl (C=O) groups is 1. The Morgan fingerprint density at radius 3 is 2.42 bits per heavy atom. The molecular weight excluding hydrogens is 300 g/mol. The van der Waals surface area contributed by atoms with Gasteiger partial charge in [0.15, 0.2) is 5.78 Å². The van der Waals surface area contributed by atoms with Gasteiger partial charge in [0.2, 0.25) is 0 Å². The third-order valence-corrected chi connectivity index (χ3v) is 4.09. The van der Waals surface area contributed by atoms with E-state index in [2.05, 4.69) is 29.1 Å². The maximum Gasteiger partial charge on any atom is 0.183 e. The topological polar surface area (TPSA) is 70.7 Å². The number of nitrogens with two attached hydrogens (primary N) is 1. The minimum Gasteiger partial charge on any atom is -0.397 e. The fourth-order valence-corrected chi connectivity index (χ4v) is 2.48. The van der Waals surface area contributed by atoms with Crippen molar-refractivity contribution >= 4 is 22.9 Å². The number of nitrogens with zero attached hydrogens (tertiary/aromatic N) is 2. The van der Waals surface area contributed by atoms with E-state index in [9.17, 15) is 4.79 Å². The van der Waals surface area contributed by atoms with Gasteiger partial charge in [-0.25, -0.2) is 4.99 Å². The molecule has 5 heteroatoms. The van der Waals surface area contributed by atoms with Crippen LogP contribution in [0.2, 0.25) is 0 Å². The van der Waals surface area contributed by atoms with Gasteiger partial charge in [-0.1, -0.05) is 13.8 Å². The average molecular weight is 326 g/mol. The summed E-state index contributed by atoms with van der Waals surface area (Å²) in [6.07, 6.45) is 3.16. The Morgan fingerprint density at radius 1 is 1.12 bits per heavy atom. The van der Waals surface area contributed by atoms with E-state index in [1.165, 1.54) is 6.08 Å². The molecular formula is C19H26N4O. The van der Waals surface area contributed by atoms with Crippen LogP contribution >= 0.6 is 0 Å². The zero-order valence-corrected chi connectivity index (χ0v) is 14.7. The van der Waals surface area contributed by atoms with E-state index in [1.807, 2.05) is 24.3 Å². The second kappa shape index (κ2) is 8.45. The maximum atomic E-state index is 11.5. The lowest BCUT2D eigenvalue weighted by molar-refractivity contribution is -0.111. The lowest BCUT2D eigenvalue weighted by atomic mass is 10.0. The van der Waals surface area contributed by atoms with E-state index in [1.54, 1.807) is 13.0 Å². The van der Waals surface area contributed by atoms with E-state index in [-0.39, 0.29) is 5.78 Å². The number of hydrogen-bond donors (Lipinski definition) is 2. The van der Waals surface area contributed by atoms with Crippen LogP contribution in [0.25, 0.3) is 0 Å². The van der Waals surface area contributed by atoms with Gasteiger partial charge in [-0.2, -0.15) is 0 Å². The van der Waals surface area contributed by atoms with E-state index in [0.717, 1.165) is 37.6 Å². The molecule has 1 aliphatic carbocycles. The molecule has 128 valence electrons. The van der Waals surface area contributed by atoms with Crippen molar-refractivity contribution in [2.75, 3.05) is 31.5 Å². The summed E-state index contributed by atoms with van der Waals surface area (Å²) in [6.45, 7) is 10.2. The largest absolute Gasteiger partial charge is 0.397 e. The molecule has 0 spiro atoms. The highest BCUT2D eigenvalue weighted by Crippen LogP contribution is 2.19. The first-order chi connectivity index (χ1) is 11.5. The number of anilines is 1. The first-order valence-corrected chi connectivity index (χ1v) is 8.38. The Labute approximate surface area is 143 Å². The molecule has 0 heterocycles. The number of hydrogen-bond acceptors (Lipinski definition) is 5. The van der Waals surface area contributed by atoms with Crippen molar-refractivity contribution in [3.05, 3.63) is 47.7 Å². The van der Waals surface area contributed by atoms with Gasteiger partial charge in [-0.05, 0) is 55.9 Å². The van der Waals surface area contributed by atoms with Gasteiger partial charge < -0.3 is 16.0 Å². The fraction of sp³-hybridized carbons (Fsp3) is 0.368. The van der Waals surface area contributed by atoms with E-state index in [0.29, 0.717) is 17.0 Å². The molecule has 0 aromatic heterocycles. The van der Waals surface area contributed by atoms with Crippen LogP contribution < -0.4 is 11.1 Å². The molecule has 5 nitrogen and oxygen atoms in total. The molecule has 1 aromatic carbocycles. The first kappa shape index (κ1) is 17.9. The Morgan fingerprint density at radius 2 is 1.79 bits per heavy atom. The van der Waals surface area contributed by atoms with Crippen molar-refractivity contribution in [2.24, 2.45) is 10.7 Å². The smallest absolute Gasteiger partial charge is 0.183 e. The summed E-state index contributed by atoms with van der Waals surface area (Å²) in [5.41, 5.74) is 9.45. The van der Waals surface area contributed by atoms with Crippen molar-refractivity contribution in [1.82, 2.24) is 4.90 Å². The van der Waals surface area contributed by atoms with E-state index in [4.69, 9.17) is 5.73 Å². The van der Waals surface area contributed by atoms with Gasteiger partial charge in [0.05, 0.1) is 17.1 Å². The zero-order valence-electron chi connectivity index (χ0n) is 14.7. The lowest BCUT2D eigenvalue weighted by Gasteiger charge is -2.18. The SMILES string of the molecule is CCN(CC)CCNc1ccc(/N=C2\C=C(C)C(=O)C=C2N)cc1. The molecule has 0 bridgehead atoms. The number of carbonyl (C=O) groups excluding carboxylic acids is 1. The molecule has 3 N–H and O–H groups in total. The number of likely N-dealkylation sites (N-methyl/N-ethyl adjacent to an activating group) is 1. The Hall–Kier alpha value is -2.40. The summed E-state index contributed by atoms with van der Waals surface area (Å²) < 4.78 is 0. The van der Waals surface area contributed by atoms with Crippen LogP contribution in [-0.4, -0.2) is 42.6 Å². The van der Waals surface area contributed by atoms with Crippen molar-refractivity contribution < 1.29 is 4.79 Å². The quantitative estimate of drug-likeness (QED) is 0.756. The normalized spacial score (nSPS) is 16.3. The number of allylic oxidation sites excluding steroid dienone is 3. The Bertz CT molecular complexity index is 667. The third kappa shape index (κ3) is 4.80. The number of nitrogens with one attached hydrogen (secondary N) is 1. The summed E-state index contributed by atoms with van der Waals surface area (Å²) in [6, 6.07) is 7.90. The summed E-state index contributed by atoms with van der Waals surface area (Å²) in [4.78, 5) is 18.4. The summed E-state index contributed by atoms with van der Waals surface area (Å²) in [5.74, 6) is -0.0563. The van der Waals surface area contributed by atoms with Crippen LogP contribution in [0.4, 0.5) is 11.4 Å². The van der Waals surface area contributed by atoms with Gasteiger partial charge >= 0.3 is 0 Å². The third-order valence-electron chi connectivity index (χ3n) is 4.09. The molecule has 0 radical (unpaired) electrons. The molecule has 0 fully saturated rings. The minimum atomic E-state index is -0.0563. The van der Waals surface area contributed by atoms with Crippen molar-refractivity contribution in [2.45, 2.75) is 20.8 Å². The van der Waals surface area contributed by atoms with Gasteiger partial charge in [-0.15, -0.1) is 0 Å². The second-order valence-electron chi connectivity index (χ2n) is 5.79. The van der Waals surface area contributed by atoms with Gasteiger partial charge in [-0.3, -0.25) is 4.79 Å². The molecule has 0 atom stereocenters. The zero-order chi connectivity index (χ0) is 17.5. The van der Waals surface area contributed by atoms with Gasteiger partial charge in [0.1, 0.15) is 0 Å². The second-order valence-corrected chi connectivity index (χ2v) is 5.79. The molecule has 2 rings (SSSR count). The molecule has 1 aromatic rings. The number of ketones is 1. The van der Waals surface area contributed by atoms with Crippen LogP contribution in [0.15, 0.2) is 52.7 Å². The molecule has 0 aliphatic heterocycles. The summed E-state index contributed by atoms with van der Waals surface area (Å²) in [7, 11) is 0. The van der Waals surface area contributed by atoms with Crippen LogP contribution in [0.5, 0.6) is 0 Å². The Kier molecular flexibility index (Phi) is 6.32. The minimum absolute atomic E-state index is 0.0563. The van der Waals surface area contributed by atoms with Crippen LogP contribution in [-0.2, 0) is 4.79 Å². The highest BCUT2D eigenvalue weighted by Gasteiger charge is 2.13.